The Balaban J connectivity index is 2.40. The summed E-state index contributed by atoms with van der Waals surface area (Å²) < 4.78 is 38.7. The van der Waals surface area contributed by atoms with E-state index in [-0.39, 0.29) is 0 Å². The van der Waals surface area contributed by atoms with Gasteiger partial charge < -0.3 is 5.73 Å². The number of hydrogen-bond acceptors (Lipinski definition) is 2. The van der Waals surface area contributed by atoms with E-state index >= 15 is 0 Å². The number of benzene rings is 1. The fraction of sp³-hybridized carbons (Fsp3) is 0.273. The molecule has 6 heteroatoms. The lowest BCUT2D eigenvalue weighted by Gasteiger charge is -2.13. The minimum Gasteiger partial charge on any atom is -0.324 e. The maximum atomic E-state index is 12.3. The van der Waals surface area contributed by atoms with Crippen LogP contribution in [0.3, 0.4) is 0 Å². The predicted molar refractivity (Wildman–Crippen MR) is 67.1 cm³/mol. The first-order valence-corrected chi connectivity index (χ1v) is 6.53. The normalized spacial score (nSPS) is 14.2. The Morgan fingerprint density at radius 2 is 2.06 bits per heavy atom. The predicted octanol–water partition coefficient (Wildman–Crippen LogP) is 4.62. The maximum Gasteiger partial charge on any atom is 0.390 e. The highest BCUT2D eigenvalue weighted by molar-refractivity contribution is 9.10. The van der Waals surface area contributed by atoms with E-state index in [9.17, 15) is 13.2 Å². The molecule has 0 bridgehead atoms. The highest BCUT2D eigenvalue weighted by atomic mass is 79.9. The van der Waals surface area contributed by atoms with Crippen LogP contribution < -0.4 is 5.73 Å². The van der Waals surface area contributed by atoms with Crippen LogP contribution in [0.4, 0.5) is 13.2 Å². The van der Waals surface area contributed by atoms with Crippen molar-refractivity contribution in [2.24, 2.45) is 5.73 Å². The highest BCUT2D eigenvalue weighted by Gasteiger charge is 2.31. The average Bonchev–Trinajstić information content (AvgIpc) is 2.60. The average molecular weight is 324 g/mol. The van der Waals surface area contributed by atoms with Crippen molar-refractivity contribution in [2.75, 3.05) is 0 Å². The molecular weight excluding hydrogens is 315 g/mol. The first kappa shape index (κ1) is 12.9. The molecule has 0 aliphatic heterocycles. The van der Waals surface area contributed by atoms with E-state index in [0.29, 0.717) is 5.56 Å². The van der Waals surface area contributed by atoms with E-state index < -0.39 is 18.6 Å². The van der Waals surface area contributed by atoms with Gasteiger partial charge in [-0.05, 0) is 38.3 Å². The molecule has 2 N–H and O–H groups in total. The molecule has 0 radical (unpaired) electrons. The Morgan fingerprint density at radius 3 is 2.71 bits per heavy atom. The van der Waals surface area contributed by atoms with Crippen molar-refractivity contribution in [1.29, 1.82) is 0 Å². The molecule has 0 amide bonds. The molecule has 92 valence electrons. The first-order chi connectivity index (χ1) is 7.88. The lowest BCUT2D eigenvalue weighted by molar-refractivity contribution is -0.138. The van der Waals surface area contributed by atoms with Gasteiger partial charge >= 0.3 is 6.18 Å². The van der Waals surface area contributed by atoms with Gasteiger partial charge in [0.15, 0.2) is 0 Å². The third-order valence-electron chi connectivity index (χ3n) is 2.43. The van der Waals surface area contributed by atoms with Gasteiger partial charge in [0.2, 0.25) is 0 Å². The maximum absolute atomic E-state index is 12.3. The fourth-order valence-corrected chi connectivity index (χ4v) is 3.37. The zero-order valence-electron chi connectivity index (χ0n) is 8.59. The minimum atomic E-state index is -4.24. The Morgan fingerprint density at radius 1 is 1.35 bits per heavy atom. The molecule has 0 fully saturated rings. The standard InChI is InChI=1S/C11H9BrF3NS/c12-8-3-1-2-6-7(5-17-10(6)8)9(16)4-11(13,14)15/h1-3,5,9H,4,16H2. The Bertz CT molecular complexity index is 535. The molecule has 0 saturated carbocycles. The summed E-state index contributed by atoms with van der Waals surface area (Å²) in [7, 11) is 0. The summed E-state index contributed by atoms with van der Waals surface area (Å²) in [5.41, 5.74) is 6.17. The third kappa shape index (κ3) is 2.81. The summed E-state index contributed by atoms with van der Waals surface area (Å²) in [5.74, 6) is 0. The number of nitrogens with two attached hydrogens (primary N) is 1. The van der Waals surface area contributed by atoms with Crippen molar-refractivity contribution in [3.05, 3.63) is 33.6 Å². The quantitative estimate of drug-likeness (QED) is 0.857. The van der Waals surface area contributed by atoms with Crippen LogP contribution in [0.1, 0.15) is 18.0 Å². The van der Waals surface area contributed by atoms with Gasteiger partial charge in [-0.15, -0.1) is 11.3 Å². The fourth-order valence-electron chi connectivity index (χ4n) is 1.69. The van der Waals surface area contributed by atoms with Crippen molar-refractivity contribution in [2.45, 2.75) is 18.6 Å². The smallest absolute Gasteiger partial charge is 0.324 e. The molecule has 1 aromatic carbocycles. The summed E-state index contributed by atoms with van der Waals surface area (Å²) in [6.45, 7) is 0. The Hall–Kier alpha value is -0.590. The van der Waals surface area contributed by atoms with Crippen LogP contribution in [0.15, 0.2) is 28.1 Å². The highest BCUT2D eigenvalue weighted by Crippen LogP contribution is 2.37. The molecule has 1 atom stereocenters. The van der Waals surface area contributed by atoms with E-state index in [1.807, 2.05) is 6.07 Å². The monoisotopic (exact) mass is 323 g/mol. The van der Waals surface area contributed by atoms with Crippen LogP contribution in [0, 0.1) is 0 Å². The number of halogens is 4. The molecule has 1 aromatic heterocycles. The number of hydrogen-bond donors (Lipinski definition) is 1. The van der Waals surface area contributed by atoms with Gasteiger partial charge in [0.25, 0.3) is 0 Å². The zero-order chi connectivity index (χ0) is 12.6. The summed E-state index contributed by atoms with van der Waals surface area (Å²) >= 11 is 4.77. The molecule has 0 saturated heterocycles. The molecule has 0 aliphatic carbocycles. The van der Waals surface area contributed by atoms with Crippen LogP contribution in [0.25, 0.3) is 10.1 Å². The van der Waals surface area contributed by atoms with Crippen LogP contribution in [-0.4, -0.2) is 6.18 Å². The first-order valence-electron chi connectivity index (χ1n) is 4.86. The number of fused-ring (bicyclic) bond motifs is 1. The molecular formula is C11H9BrF3NS. The van der Waals surface area contributed by atoms with Crippen molar-refractivity contribution >= 4 is 37.4 Å². The summed E-state index contributed by atoms with van der Waals surface area (Å²) in [6, 6.07) is 4.45. The second-order valence-electron chi connectivity index (χ2n) is 3.73. The van der Waals surface area contributed by atoms with E-state index in [1.165, 1.54) is 11.3 Å². The second-order valence-corrected chi connectivity index (χ2v) is 5.47. The molecule has 2 aromatic rings. The van der Waals surface area contributed by atoms with E-state index in [4.69, 9.17) is 5.73 Å². The van der Waals surface area contributed by atoms with Crippen LogP contribution in [0.2, 0.25) is 0 Å². The molecule has 1 heterocycles. The molecule has 17 heavy (non-hydrogen) atoms. The van der Waals surface area contributed by atoms with Gasteiger partial charge in [0.1, 0.15) is 0 Å². The lowest BCUT2D eigenvalue weighted by atomic mass is 10.0. The van der Waals surface area contributed by atoms with Gasteiger partial charge in [-0.2, -0.15) is 13.2 Å². The largest absolute Gasteiger partial charge is 0.390 e. The summed E-state index contributed by atoms with van der Waals surface area (Å²) in [4.78, 5) is 0. The second kappa shape index (κ2) is 4.59. The van der Waals surface area contributed by atoms with Gasteiger partial charge in [-0.3, -0.25) is 0 Å². The van der Waals surface area contributed by atoms with Gasteiger partial charge in [-0.1, -0.05) is 12.1 Å². The third-order valence-corrected chi connectivity index (χ3v) is 4.40. The summed E-state index contributed by atoms with van der Waals surface area (Å²) in [5, 5.41) is 2.49. The Labute approximate surface area is 109 Å². The van der Waals surface area contributed by atoms with Crippen molar-refractivity contribution < 1.29 is 13.2 Å². The van der Waals surface area contributed by atoms with Crippen LogP contribution >= 0.6 is 27.3 Å². The number of rotatable bonds is 2. The number of thiophene rings is 1. The lowest BCUT2D eigenvalue weighted by Crippen LogP contribution is -2.19. The number of alkyl halides is 3. The van der Waals surface area contributed by atoms with Crippen molar-refractivity contribution in [3.8, 4) is 0 Å². The molecule has 1 nitrogen and oxygen atoms in total. The topological polar surface area (TPSA) is 26.0 Å². The molecule has 0 spiro atoms. The van der Waals surface area contributed by atoms with Gasteiger partial charge in [-0.25, -0.2) is 0 Å². The molecule has 0 aliphatic rings. The van der Waals surface area contributed by atoms with E-state index in [0.717, 1.165) is 14.6 Å². The SMILES string of the molecule is NC(CC(F)(F)F)c1csc2c(Br)cccc12. The van der Waals surface area contributed by atoms with Gasteiger partial charge in [0.05, 0.1) is 6.42 Å². The minimum absolute atomic E-state index is 0.559. The van der Waals surface area contributed by atoms with Gasteiger partial charge in [0, 0.05) is 15.2 Å². The molecule has 2 rings (SSSR count). The van der Waals surface area contributed by atoms with Crippen LogP contribution in [-0.2, 0) is 0 Å². The molecule has 1 unspecified atom stereocenters. The van der Waals surface area contributed by atoms with E-state index in [1.54, 1.807) is 17.5 Å². The zero-order valence-corrected chi connectivity index (χ0v) is 11.0. The van der Waals surface area contributed by atoms with E-state index in [2.05, 4.69) is 15.9 Å². The van der Waals surface area contributed by atoms with Crippen molar-refractivity contribution in [3.63, 3.8) is 0 Å². The Kier molecular flexibility index (Phi) is 3.47. The van der Waals surface area contributed by atoms with Crippen molar-refractivity contribution in [1.82, 2.24) is 0 Å². The summed E-state index contributed by atoms with van der Waals surface area (Å²) in [6.07, 6.45) is -5.23. The van der Waals surface area contributed by atoms with Crippen LogP contribution in [0.5, 0.6) is 0 Å².